The Morgan fingerprint density at radius 3 is 2.52 bits per heavy atom. The first kappa shape index (κ1) is 13.5. The molecule has 1 atom stereocenters. The minimum Gasteiger partial charge on any atom is -0.308 e. The molecule has 2 heterocycles. The summed E-state index contributed by atoms with van der Waals surface area (Å²) in [5.74, 6) is 0. The van der Waals surface area contributed by atoms with Crippen LogP contribution in [0.5, 0.6) is 0 Å². The van der Waals surface area contributed by atoms with Crippen LogP contribution in [0.25, 0.3) is 5.69 Å². The summed E-state index contributed by atoms with van der Waals surface area (Å²) in [6, 6.07) is 16.3. The van der Waals surface area contributed by atoms with Crippen molar-refractivity contribution >= 4 is 0 Å². The Morgan fingerprint density at radius 1 is 1.05 bits per heavy atom. The van der Waals surface area contributed by atoms with Crippen molar-refractivity contribution < 1.29 is 0 Å². The van der Waals surface area contributed by atoms with E-state index in [4.69, 9.17) is 0 Å². The van der Waals surface area contributed by atoms with Crippen molar-refractivity contribution in [2.24, 2.45) is 0 Å². The van der Waals surface area contributed by atoms with Gasteiger partial charge in [-0.25, -0.2) is 4.68 Å². The van der Waals surface area contributed by atoms with Gasteiger partial charge in [0, 0.05) is 18.1 Å². The van der Waals surface area contributed by atoms with Crippen molar-refractivity contribution in [1.29, 1.82) is 0 Å². The van der Waals surface area contributed by atoms with Gasteiger partial charge in [0.1, 0.15) is 0 Å². The fraction of sp³-hybridized carbons (Fsp3) is 0.176. The number of nitrogens with one attached hydrogen (secondary N) is 1. The highest BCUT2D eigenvalue weighted by atomic mass is 15.3. The monoisotopic (exact) mass is 278 g/mol. The fourth-order valence-corrected chi connectivity index (χ4v) is 2.35. The molecule has 0 amide bonds. The molecule has 4 nitrogen and oxygen atoms in total. The minimum atomic E-state index is 0.0445. The smallest absolute Gasteiger partial charge is 0.0844 e. The first-order valence-corrected chi connectivity index (χ1v) is 6.99. The second-order valence-electron chi connectivity index (χ2n) is 4.98. The molecule has 0 aliphatic heterocycles. The predicted octanol–water partition coefficient (Wildman–Crippen LogP) is 2.88. The summed E-state index contributed by atoms with van der Waals surface area (Å²) in [6.07, 6.45) is 3.88. The van der Waals surface area contributed by atoms with Crippen molar-refractivity contribution in [3.63, 3.8) is 0 Å². The summed E-state index contributed by atoms with van der Waals surface area (Å²) in [7, 11) is 1.94. The molecule has 21 heavy (non-hydrogen) atoms. The van der Waals surface area contributed by atoms with Crippen LogP contribution in [0.4, 0.5) is 0 Å². The second kappa shape index (κ2) is 5.89. The van der Waals surface area contributed by atoms with Gasteiger partial charge in [-0.1, -0.05) is 24.3 Å². The molecule has 106 valence electrons. The summed E-state index contributed by atoms with van der Waals surface area (Å²) in [5, 5.41) is 7.98. The molecule has 1 unspecified atom stereocenters. The van der Waals surface area contributed by atoms with Gasteiger partial charge in [-0.2, -0.15) is 5.10 Å². The van der Waals surface area contributed by atoms with Crippen molar-refractivity contribution in [2.45, 2.75) is 13.0 Å². The number of aryl methyl sites for hydroxylation is 1. The van der Waals surface area contributed by atoms with Crippen molar-refractivity contribution in [3.8, 4) is 5.69 Å². The van der Waals surface area contributed by atoms with E-state index in [-0.39, 0.29) is 6.04 Å². The molecule has 0 radical (unpaired) electrons. The second-order valence-corrected chi connectivity index (χ2v) is 4.98. The van der Waals surface area contributed by atoms with E-state index in [1.807, 2.05) is 73.5 Å². The van der Waals surface area contributed by atoms with Gasteiger partial charge in [-0.05, 0) is 43.8 Å². The molecule has 0 saturated heterocycles. The summed E-state index contributed by atoms with van der Waals surface area (Å²) in [6.45, 7) is 1.99. The van der Waals surface area contributed by atoms with E-state index in [9.17, 15) is 0 Å². The topological polar surface area (TPSA) is 42.7 Å². The SMILES string of the molecule is CNC(c1ccc(C)nc1)c1ccn(-c2ccccc2)n1. The number of pyridine rings is 1. The van der Waals surface area contributed by atoms with Gasteiger partial charge in [0.2, 0.25) is 0 Å². The molecular formula is C17H18N4. The number of hydrogen-bond acceptors (Lipinski definition) is 3. The van der Waals surface area contributed by atoms with Crippen LogP contribution in [0, 0.1) is 6.92 Å². The molecule has 3 rings (SSSR count). The first-order chi connectivity index (χ1) is 10.3. The number of nitrogens with zero attached hydrogens (tertiary/aromatic N) is 3. The molecule has 1 N–H and O–H groups in total. The van der Waals surface area contributed by atoms with Gasteiger partial charge in [-0.15, -0.1) is 0 Å². The Kier molecular flexibility index (Phi) is 3.79. The normalized spacial score (nSPS) is 12.3. The third-order valence-corrected chi connectivity index (χ3v) is 3.48. The maximum Gasteiger partial charge on any atom is 0.0844 e. The van der Waals surface area contributed by atoms with Crippen LogP contribution in [-0.4, -0.2) is 21.8 Å². The Morgan fingerprint density at radius 2 is 1.86 bits per heavy atom. The maximum atomic E-state index is 4.68. The van der Waals surface area contributed by atoms with E-state index in [1.165, 1.54) is 0 Å². The number of hydrogen-bond donors (Lipinski definition) is 1. The van der Waals surface area contributed by atoms with Crippen LogP contribution in [0.15, 0.2) is 60.9 Å². The number of para-hydroxylation sites is 1. The Hall–Kier alpha value is -2.46. The van der Waals surface area contributed by atoms with E-state index in [0.717, 1.165) is 22.6 Å². The summed E-state index contributed by atoms with van der Waals surface area (Å²) in [4.78, 5) is 4.36. The van der Waals surface area contributed by atoms with Crippen LogP contribution < -0.4 is 5.32 Å². The van der Waals surface area contributed by atoms with Gasteiger partial charge in [-0.3, -0.25) is 4.98 Å². The lowest BCUT2D eigenvalue weighted by molar-refractivity contribution is 0.654. The Balaban J connectivity index is 1.92. The summed E-state index contributed by atoms with van der Waals surface area (Å²) >= 11 is 0. The van der Waals surface area contributed by atoms with E-state index in [1.54, 1.807) is 0 Å². The molecule has 2 aromatic heterocycles. The Labute approximate surface area is 124 Å². The lowest BCUT2D eigenvalue weighted by Gasteiger charge is -2.14. The van der Waals surface area contributed by atoms with Gasteiger partial charge < -0.3 is 5.32 Å². The zero-order chi connectivity index (χ0) is 14.7. The first-order valence-electron chi connectivity index (χ1n) is 6.99. The molecule has 0 aliphatic carbocycles. The highest BCUT2D eigenvalue weighted by Gasteiger charge is 2.15. The maximum absolute atomic E-state index is 4.68. The van der Waals surface area contributed by atoms with Crippen LogP contribution in [0.2, 0.25) is 0 Å². The zero-order valence-electron chi connectivity index (χ0n) is 12.2. The molecule has 0 spiro atoms. The van der Waals surface area contributed by atoms with Crippen LogP contribution in [0.1, 0.15) is 23.0 Å². The van der Waals surface area contributed by atoms with E-state index in [2.05, 4.69) is 21.5 Å². The van der Waals surface area contributed by atoms with Crippen molar-refractivity contribution in [3.05, 3.63) is 77.9 Å². The number of benzene rings is 1. The fourth-order valence-electron chi connectivity index (χ4n) is 2.35. The largest absolute Gasteiger partial charge is 0.308 e. The quantitative estimate of drug-likeness (QED) is 0.798. The van der Waals surface area contributed by atoms with Crippen LogP contribution in [0.3, 0.4) is 0 Å². The molecular weight excluding hydrogens is 260 g/mol. The third kappa shape index (κ3) is 2.85. The summed E-state index contributed by atoms with van der Waals surface area (Å²) < 4.78 is 1.89. The van der Waals surface area contributed by atoms with Crippen LogP contribution >= 0.6 is 0 Å². The lowest BCUT2D eigenvalue weighted by Crippen LogP contribution is -2.18. The predicted molar refractivity (Wildman–Crippen MR) is 83.4 cm³/mol. The van der Waals surface area contributed by atoms with Gasteiger partial charge in [0.05, 0.1) is 17.4 Å². The summed E-state index contributed by atoms with van der Waals surface area (Å²) in [5.41, 5.74) is 4.16. The lowest BCUT2D eigenvalue weighted by atomic mass is 10.1. The third-order valence-electron chi connectivity index (χ3n) is 3.48. The molecule has 1 aromatic carbocycles. The van der Waals surface area contributed by atoms with E-state index in [0.29, 0.717) is 0 Å². The van der Waals surface area contributed by atoms with E-state index >= 15 is 0 Å². The Bertz CT molecular complexity index is 701. The van der Waals surface area contributed by atoms with Gasteiger partial charge >= 0.3 is 0 Å². The average molecular weight is 278 g/mol. The number of aromatic nitrogens is 3. The van der Waals surface area contributed by atoms with Gasteiger partial charge in [0.25, 0.3) is 0 Å². The molecule has 0 saturated carbocycles. The minimum absolute atomic E-state index is 0.0445. The van der Waals surface area contributed by atoms with E-state index < -0.39 is 0 Å². The molecule has 3 aromatic rings. The molecule has 4 heteroatoms. The standard InChI is InChI=1S/C17H18N4/c1-13-8-9-14(12-19-13)17(18-2)16-10-11-21(20-16)15-6-4-3-5-7-15/h3-12,17-18H,1-2H3. The van der Waals surface area contributed by atoms with Gasteiger partial charge in [0.15, 0.2) is 0 Å². The van der Waals surface area contributed by atoms with Crippen LogP contribution in [-0.2, 0) is 0 Å². The van der Waals surface area contributed by atoms with Crippen molar-refractivity contribution in [2.75, 3.05) is 7.05 Å². The highest BCUT2D eigenvalue weighted by Crippen LogP contribution is 2.20. The molecule has 0 bridgehead atoms. The molecule has 0 fully saturated rings. The average Bonchev–Trinajstić information content (AvgIpc) is 3.00. The molecule has 0 aliphatic rings. The highest BCUT2D eigenvalue weighted by molar-refractivity contribution is 5.32. The number of rotatable bonds is 4. The zero-order valence-corrected chi connectivity index (χ0v) is 12.2. The van der Waals surface area contributed by atoms with Crippen molar-refractivity contribution in [1.82, 2.24) is 20.1 Å².